The first kappa shape index (κ1) is 31.5. The van der Waals surface area contributed by atoms with Gasteiger partial charge in [0.15, 0.2) is 0 Å². The molecule has 6 heteroatoms. The minimum atomic E-state index is -2.61. The Labute approximate surface area is 240 Å². The highest BCUT2D eigenvalue weighted by Gasteiger charge is 2.49. The molecule has 0 spiro atoms. The van der Waals surface area contributed by atoms with Crippen LogP contribution in [0.5, 0.6) is 5.75 Å². The van der Waals surface area contributed by atoms with Crippen LogP contribution in [0.25, 0.3) is 0 Å². The second kappa shape index (κ2) is 15.1. The number of aliphatic hydroxyl groups excluding tert-OH is 1. The summed E-state index contributed by atoms with van der Waals surface area (Å²) in [5.41, 5.74) is 1.01. The maximum Gasteiger partial charge on any atom is 0.261 e. The molecule has 1 N–H and O–H groups in total. The number of hydrogen-bond donors (Lipinski definition) is 1. The molecule has 0 bridgehead atoms. The molecule has 3 rings (SSSR count). The van der Waals surface area contributed by atoms with Crippen LogP contribution >= 0.6 is 0 Å². The predicted octanol–water partition coefficient (Wildman–Crippen LogP) is 6.73. The van der Waals surface area contributed by atoms with Crippen molar-refractivity contribution in [1.29, 1.82) is 0 Å². The molecule has 0 aromatic heterocycles. The van der Waals surface area contributed by atoms with Crippen molar-refractivity contribution in [1.82, 2.24) is 0 Å². The molecule has 0 radical (unpaired) electrons. The number of halogens is 1. The summed E-state index contributed by atoms with van der Waals surface area (Å²) < 4.78 is 32.4. The summed E-state index contributed by atoms with van der Waals surface area (Å²) in [6.45, 7) is 9.49. The maximum absolute atomic E-state index is 14.6. The highest BCUT2D eigenvalue weighted by atomic mass is 28.4. The van der Waals surface area contributed by atoms with Crippen molar-refractivity contribution >= 4 is 18.7 Å². The highest BCUT2D eigenvalue weighted by Crippen LogP contribution is 2.36. The fourth-order valence-electron chi connectivity index (χ4n) is 4.79. The van der Waals surface area contributed by atoms with E-state index in [1.54, 1.807) is 13.2 Å². The third-order valence-corrected chi connectivity index (χ3v) is 12.0. The van der Waals surface area contributed by atoms with E-state index in [0.717, 1.165) is 11.3 Å². The van der Waals surface area contributed by atoms with Crippen LogP contribution in [0.3, 0.4) is 0 Å². The SMILES string of the molecule is COc1ccc(CO[C@H](C)CC=C(F)C(O)C=CCCO[Si](c2ccccc2)(c2ccccc2)C(C)(C)C)cc1. The smallest absolute Gasteiger partial charge is 0.261 e. The molecule has 0 amide bonds. The van der Waals surface area contributed by atoms with Crippen molar-refractivity contribution in [3.05, 3.63) is 115 Å². The Morgan fingerprint density at radius 3 is 2.02 bits per heavy atom. The number of rotatable bonds is 14. The van der Waals surface area contributed by atoms with Crippen LogP contribution in [0.1, 0.15) is 46.1 Å². The summed E-state index contributed by atoms with van der Waals surface area (Å²) in [7, 11) is -0.985. The summed E-state index contributed by atoms with van der Waals surface area (Å²) in [5.74, 6) is 0.211. The molecule has 0 heterocycles. The topological polar surface area (TPSA) is 47.9 Å². The van der Waals surface area contributed by atoms with Gasteiger partial charge >= 0.3 is 0 Å². The molecule has 1 unspecified atom stereocenters. The molecule has 0 aliphatic rings. The molecule has 214 valence electrons. The normalized spacial score (nSPS) is 14.3. The van der Waals surface area contributed by atoms with E-state index in [2.05, 4.69) is 69.3 Å². The predicted molar refractivity (Wildman–Crippen MR) is 164 cm³/mol. The van der Waals surface area contributed by atoms with Crippen molar-refractivity contribution in [3.8, 4) is 5.75 Å². The number of aliphatic hydroxyl groups is 1. The van der Waals surface area contributed by atoms with Crippen LogP contribution in [-0.4, -0.2) is 39.3 Å². The zero-order valence-corrected chi connectivity index (χ0v) is 25.3. The lowest BCUT2D eigenvalue weighted by Crippen LogP contribution is -2.66. The second-order valence-electron chi connectivity index (χ2n) is 11.0. The molecular formula is C34H43FO4Si. The van der Waals surface area contributed by atoms with E-state index in [1.165, 1.54) is 22.5 Å². The molecule has 3 aromatic rings. The quantitative estimate of drug-likeness (QED) is 0.135. The lowest BCUT2D eigenvalue weighted by atomic mass is 10.2. The number of benzene rings is 3. The van der Waals surface area contributed by atoms with Gasteiger partial charge in [0.1, 0.15) is 17.7 Å². The number of ether oxygens (including phenoxy) is 2. The van der Waals surface area contributed by atoms with Gasteiger partial charge in [0.2, 0.25) is 0 Å². The van der Waals surface area contributed by atoms with Gasteiger partial charge in [0.05, 0.1) is 19.8 Å². The summed E-state index contributed by atoms with van der Waals surface area (Å²) in [5, 5.41) is 12.6. The maximum atomic E-state index is 14.6. The number of methoxy groups -OCH3 is 1. The molecule has 2 atom stereocenters. The summed E-state index contributed by atoms with van der Waals surface area (Å²) in [6, 6.07) is 28.6. The van der Waals surface area contributed by atoms with Gasteiger partial charge in [-0.05, 0) is 58.9 Å². The Morgan fingerprint density at radius 1 is 0.925 bits per heavy atom. The van der Waals surface area contributed by atoms with Gasteiger partial charge in [-0.15, -0.1) is 0 Å². The van der Waals surface area contributed by atoms with E-state index in [4.69, 9.17) is 13.9 Å². The first-order valence-electron chi connectivity index (χ1n) is 13.9. The Kier molecular flexibility index (Phi) is 11.9. The zero-order valence-electron chi connectivity index (χ0n) is 24.3. The minimum absolute atomic E-state index is 0.111. The number of hydrogen-bond acceptors (Lipinski definition) is 4. The molecule has 0 saturated heterocycles. The van der Waals surface area contributed by atoms with Crippen LogP contribution in [0.15, 0.2) is 109 Å². The van der Waals surface area contributed by atoms with Crippen LogP contribution in [0.4, 0.5) is 4.39 Å². The van der Waals surface area contributed by atoms with Gasteiger partial charge < -0.3 is 19.0 Å². The van der Waals surface area contributed by atoms with E-state index in [1.807, 2.05) is 43.3 Å². The van der Waals surface area contributed by atoms with Gasteiger partial charge in [-0.25, -0.2) is 4.39 Å². The summed E-state index contributed by atoms with van der Waals surface area (Å²) in [6.07, 6.45) is 4.13. The fraction of sp³-hybridized carbons (Fsp3) is 0.353. The zero-order chi connectivity index (χ0) is 29.0. The second-order valence-corrected chi connectivity index (χ2v) is 15.3. The Balaban J connectivity index is 1.55. The minimum Gasteiger partial charge on any atom is -0.497 e. The van der Waals surface area contributed by atoms with Gasteiger partial charge in [-0.2, -0.15) is 0 Å². The van der Waals surface area contributed by atoms with Gasteiger partial charge in [-0.3, -0.25) is 0 Å². The van der Waals surface area contributed by atoms with Crippen LogP contribution in [-0.2, 0) is 15.8 Å². The molecule has 40 heavy (non-hydrogen) atoms. The van der Waals surface area contributed by atoms with Gasteiger partial charge in [0, 0.05) is 6.61 Å². The highest BCUT2D eigenvalue weighted by molar-refractivity contribution is 6.99. The Hall–Kier alpha value is -3.03. The first-order chi connectivity index (χ1) is 19.2. The molecule has 0 aliphatic carbocycles. The summed E-state index contributed by atoms with van der Waals surface area (Å²) >= 11 is 0. The largest absolute Gasteiger partial charge is 0.497 e. The van der Waals surface area contributed by atoms with Crippen LogP contribution < -0.4 is 15.1 Å². The third-order valence-electron chi connectivity index (χ3n) is 6.96. The Bertz CT molecular complexity index is 1160. The lowest BCUT2D eigenvalue weighted by molar-refractivity contribution is 0.0546. The third kappa shape index (κ3) is 8.48. The fourth-order valence-corrected chi connectivity index (χ4v) is 9.37. The Morgan fingerprint density at radius 2 is 1.50 bits per heavy atom. The van der Waals surface area contributed by atoms with Gasteiger partial charge in [-0.1, -0.05) is 106 Å². The van der Waals surface area contributed by atoms with E-state index < -0.39 is 20.2 Å². The average molecular weight is 563 g/mol. The van der Waals surface area contributed by atoms with Crippen LogP contribution in [0, 0.1) is 0 Å². The van der Waals surface area contributed by atoms with Crippen molar-refractivity contribution in [2.24, 2.45) is 0 Å². The molecule has 0 aliphatic heterocycles. The van der Waals surface area contributed by atoms with Crippen molar-refractivity contribution in [2.45, 2.75) is 64.4 Å². The lowest BCUT2D eigenvalue weighted by Gasteiger charge is -2.43. The van der Waals surface area contributed by atoms with Crippen molar-refractivity contribution < 1.29 is 23.4 Å². The van der Waals surface area contributed by atoms with Crippen LogP contribution in [0.2, 0.25) is 5.04 Å². The average Bonchev–Trinajstić information content (AvgIpc) is 2.97. The molecule has 0 fully saturated rings. The standard InChI is InChI=1S/C34H43FO4Si/c1-27(38-26-28-20-22-29(37-5)23-21-28)19-24-32(35)33(36)18-12-13-25-39-40(34(2,3)4,30-14-8-6-9-15-30)31-16-10-7-11-17-31/h6-12,14-18,20-24,27,33,36H,13,19,25-26H2,1-5H3/t27-,33?/m1/s1. The van der Waals surface area contributed by atoms with E-state index in [9.17, 15) is 9.50 Å². The molecule has 3 aromatic carbocycles. The van der Waals surface area contributed by atoms with E-state index in [0.29, 0.717) is 26.1 Å². The molecule has 4 nitrogen and oxygen atoms in total. The van der Waals surface area contributed by atoms with E-state index in [-0.39, 0.29) is 11.1 Å². The summed E-state index contributed by atoms with van der Waals surface area (Å²) in [4.78, 5) is 0. The van der Waals surface area contributed by atoms with Gasteiger partial charge in [0.25, 0.3) is 8.32 Å². The molecule has 0 saturated carbocycles. The first-order valence-corrected chi connectivity index (χ1v) is 15.8. The van der Waals surface area contributed by atoms with E-state index >= 15 is 0 Å². The van der Waals surface area contributed by atoms with Crippen molar-refractivity contribution in [3.63, 3.8) is 0 Å². The van der Waals surface area contributed by atoms with Crippen molar-refractivity contribution in [2.75, 3.05) is 13.7 Å². The molecular weight excluding hydrogens is 519 g/mol. The monoisotopic (exact) mass is 562 g/mol.